The summed E-state index contributed by atoms with van der Waals surface area (Å²) in [6.07, 6.45) is 3.21. The van der Waals surface area contributed by atoms with Crippen LogP contribution in [0.3, 0.4) is 0 Å². The Balaban J connectivity index is 2.05. The van der Waals surface area contributed by atoms with Gasteiger partial charge in [-0.1, -0.05) is 0 Å². The molecule has 0 bridgehead atoms. The van der Waals surface area contributed by atoms with Crippen molar-refractivity contribution in [1.29, 1.82) is 0 Å². The lowest BCUT2D eigenvalue weighted by atomic mass is 10.1. The van der Waals surface area contributed by atoms with Crippen LogP contribution in [0.25, 0.3) is 10.9 Å². The van der Waals surface area contributed by atoms with E-state index in [1.807, 2.05) is 17.7 Å². The second-order valence-corrected chi connectivity index (χ2v) is 5.14. The quantitative estimate of drug-likeness (QED) is 0.683. The second-order valence-electron chi connectivity index (χ2n) is 4.96. The summed E-state index contributed by atoms with van der Waals surface area (Å²) >= 11 is 3.55. The summed E-state index contributed by atoms with van der Waals surface area (Å²) in [5.74, 6) is -0.462. The first-order chi connectivity index (χ1) is 9.70. The van der Waals surface area contributed by atoms with Crippen LogP contribution >= 0.6 is 12.9 Å². The average molecular weight is 292 g/mol. The molecule has 5 nitrogen and oxygen atoms in total. The second kappa shape index (κ2) is 5.46. The van der Waals surface area contributed by atoms with Gasteiger partial charge in [-0.3, -0.25) is 0 Å². The molecular formula is C14H16N2O3S. The van der Waals surface area contributed by atoms with Gasteiger partial charge in [-0.25, -0.2) is 9.48 Å². The summed E-state index contributed by atoms with van der Waals surface area (Å²) in [5.41, 5.74) is 2.33. The zero-order valence-corrected chi connectivity index (χ0v) is 12.1. The van der Waals surface area contributed by atoms with Crippen molar-refractivity contribution in [2.24, 2.45) is 0 Å². The number of nitrogens with zero attached hydrogens (tertiary/aromatic N) is 2. The van der Waals surface area contributed by atoms with Gasteiger partial charge in [0.2, 0.25) is 0 Å². The minimum atomic E-state index is -0.462. The Bertz CT molecular complexity index is 647. The highest BCUT2D eigenvalue weighted by Crippen LogP contribution is 2.28. The molecule has 1 unspecified atom stereocenters. The molecule has 2 heterocycles. The molecule has 0 radical (unpaired) electrons. The molecule has 1 fully saturated rings. The van der Waals surface area contributed by atoms with Crippen molar-refractivity contribution in [3.63, 3.8) is 0 Å². The van der Waals surface area contributed by atoms with E-state index in [1.165, 1.54) is 0 Å². The fourth-order valence-electron chi connectivity index (χ4n) is 2.61. The standard InChI is InChI=1S/C14H16N2O3S/c1-9-11-8-10(14(17)19-20)5-6-12(11)16(15-9)13-4-2-3-7-18-13/h5-6,8,13,20H,2-4,7H2,1H3. The van der Waals surface area contributed by atoms with E-state index < -0.39 is 5.97 Å². The molecule has 3 rings (SSSR count). The van der Waals surface area contributed by atoms with Crippen LogP contribution in [0.15, 0.2) is 18.2 Å². The molecule has 1 aliphatic heterocycles. The molecular weight excluding hydrogens is 276 g/mol. The van der Waals surface area contributed by atoms with Gasteiger partial charge in [-0.15, -0.1) is 0 Å². The molecule has 0 amide bonds. The first-order valence-electron chi connectivity index (χ1n) is 6.67. The van der Waals surface area contributed by atoms with Crippen molar-refractivity contribution in [3.05, 3.63) is 29.5 Å². The van der Waals surface area contributed by atoms with Crippen LogP contribution in [0.5, 0.6) is 0 Å². The fourth-order valence-corrected chi connectivity index (χ4v) is 2.72. The predicted octanol–water partition coefficient (Wildman–Crippen LogP) is 3.05. The van der Waals surface area contributed by atoms with E-state index in [4.69, 9.17) is 4.74 Å². The van der Waals surface area contributed by atoms with E-state index in [2.05, 4.69) is 22.2 Å². The molecule has 0 aliphatic carbocycles. The van der Waals surface area contributed by atoms with Crippen LogP contribution in [0, 0.1) is 6.92 Å². The minimum absolute atomic E-state index is 0.0115. The predicted molar refractivity (Wildman–Crippen MR) is 77.7 cm³/mol. The van der Waals surface area contributed by atoms with Crippen molar-refractivity contribution in [2.45, 2.75) is 32.4 Å². The number of fused-ring (bicyclic) bond motifs is 1. The Labute approximate surface area is 122 Å². The van der Waals surface area contributed by atoms with E-state index in [9.17, 15) is 4.79 Å². The van der Waals surface area contributed by atoms with E-state index in [0.717, 1.165) is 42.5 Å². The van der Waals surface area contributed by atoms with E-state index in [0.29, 0.717) is 5.56 Å². The summed E-state index contributed by atoms with van der Waals surface area (Å²) in [4.78, 5) is 11.5. The van der Waals surface area contributed by atoms with Gasteiger partial charge in [0.1, 0.15) is 0 Å². The molecule has 2 aromatic rings. The van der Waals surface area contributed by atoms with Gasteiger partial charge in [0.25, 0.3) is 0 Å². The first kappa shape index (κ1) is 13.5. The van der Waals surface area contributed by atoms with Crippen molar-refractivity contribution in [1.82, 2.24) is 9.78 Å². The molecule has 1 aromatic carbocycles. The Morgan fingerprint density at radius 2 is 2.35 bits per heavy atom. The van der Waals surface area contributed by atoms with Crippen molar-refractivity contribution in [3.8, 4) is 0 Å². The monoisotopic (exact) mass is 292 g/mol. The number of benzene rings is 1. The molecule has 20 heavy (non-hydrogen) atoms. The zero-order valence-electron chi connectivity index (χ0n) is 11.2. The van der Waals surface area contributed by atoms with Crippen LogP contribution in [0.4, 0.5) is 0 Å². The third kappa shape index (κ3) is 2.29. The molecule has 1 aliphatic rings. The lowest BCUT2D eigenvalue weighted by Gasteiger charge is -2.23. The molecule has 0 N–H and O–H groups in total. The van der Waals surface area contributed by atoms with Crippen LogP contribution in [-0.4, -0.2) is 22.4 Å². The van der Waals surface area contributed by atoms with Gasteiger partial charge in [0.15, 0.2) is 6.23 Å². The number of rotatable bonds is 2. The molecule has 0 spiro atoms. The third-order valence-electron chi connectivity index (χ3n) is 3.64. The van der Waals surface area contributed by atoms with E-state index in [-0.39, 0.29) is 6.23 Å². The summed E-state index contributed by atoms with van der Waals surface area (Å²) in [6, 6.07) is 5.39. The van der Waals surface area contributed by atoms with Gasteiger partial charge >= 0.3 is 5.97 Å². The zero-order chi connectivity index (χ0) is 14.1. The van der Waals surface area contributed by atoms with Gasteiger partial charge in [-0.2, -0.15) is 5.10 Å². The van der Waals surface area contributed by atoms with Crippen molar-refractivity contribution in [2.75, 3.05) is 6.61 Å². The topological polar surface area (TPSA) is 53.4 Å². The summed E-state index contributed by atoms with van der Waals surface area (Å²) in [7, 11) is 0. The number of aromatic nitrogens is 2. The highest BCUT2D eigenvalue weighted by Gasteiger charge is 2.20. The van der Waals surface area contributed by atoms with Gasteiger partial charge in [0.05, 0.1) is 16.8 Å². The number of carbonyl (C=O) groups is 1. The van der Waals surface area contributed by atoms with E-state index in [1.54, 1.807) is 12.1 Å². The number of hydrogen-bond donors (Lipinski definition) is 1. The number of aryl methyl sites for hydroxylation is 1. The van der Waals surface area contributed by atoms with Gasteiger partial charge in [0, 0.05) is 24.9 Å². The Morgan fingerprint density at radius 1 is 1.50 bits per heavy atom. The van der Waals surface area contributed by atoms with Crippen LogP contribution in [0.1, 0.15) is 41.5 Å². The number of hydrogen-bond acceptors (Lipinski definition) is 5. The molecule has 106 valence electrons. The maximum absolute atomic E-state index is 11.5. The van der Waals surface area contributed by atoms with Crippen LogP contribution < -0.4 is 0 Å². The lowest BCUT2D eigenvalue weighted by Crippen LogP contribution is -2.19. The summed E-state index contributed by atoms with van der Waals surface area (Å²) < 4.78 is 12.1. The average Bonchev–Trinajstić information content (AvgIpc) is 2.84. The molecule has 6 heteroatoms. The number of ether oxygens (including phenoxy) is 1. The largest absolute Gasteiger partial charge is 0.391 e. The highest BCUT2D eigenvalue weighted by atomic mass is 32.1. The molecule has 1 aromatic heterocycles. The minimum Gasteiger partial charge on any atom is -0.391 e. The highest BCUT2D eigenvalue weighted by molar-refractivity contribution is 7.75. The maximum Gasteiger partial charge on any atom is 0.349 e. The Hall–Kier alpha value is -1.53. The Kier molecular flexibility index (Phi) is 3.67. The summed E-state index contributed by atoms with van der Waals surface area (Å²) in [5, 5.41) is 5.50. The van der Waals surface area contributed by atoms with Crippen LogP contribution in [0.2, 0.25) is 0 Å². The van der Waals surface area contributed by atoms with Gasteiger partial charge in [-0.05, 0) is 44.4 Å². The smallest absolute Gasteiger partial charge is 0.349 e. The van der Waals surface area contributed by atoms with Crippen LogP contribution in [-0.2, 0) is 8.92 Å². The number of thiol groups is 1. The third-order valence-corrected chi connectivity index (χ3v) is 3.80. The van der Waals surface area contributed by atoms with Crippen molar-refractivity contribution >= 4 is 29.8 Å². The molecule has 0 saturated carbocycles. The van der Waals surface area contributed by atoms with Crippen molar-refractivity contribution < 1.29 is 13.7 Å². The lowest BCUT2D eigenvalue weighted by molar-refractivity contribution is -0.0368. The van der Waals surface area contributed by atoms with E-state index >= 15 is 0 Å². The molecule has 1 saturated heterocycles. The number of carbonyl (C=O) groups excluding carboxylic acids is 1. The Morgan fingerprint density at radius 3 is 3.05 bits per heavy atom. The van der Waals surface area contributed by atoms with Gasteiger partial charge < -0.3 is 8.92 Å². The normalized spacial score (nSPS) is 19.2. The summed E-state index contributed by atoms with van der Waals surface area (Å²) in [6.45, 7) is 2.70. The maximum atomic E-state index is 11.5. The first-order valence-corrected chi connectivity index (χ1v) is 7.03. The molecule has 1 atom stereocenters. The fraction of sp³-hybridized carbons (Fsp3) is 0.429. The SMILES string of the molecule is Cc1nn(C2CCCCO2)c2ccc(C(=O)OS)cc12.